The topological polar surface area (TPSA) is 98.5 Å². The lowest BCUT2D eigenvalue weighted by molar-refractivity contribution is -0.115. The van der Waals surface area contributed by atoms with E-state index in [1.807, 2.05) is 30.3 Å². The molecule has 1 amide bonds. The molecule has 1 unspecified atom stereocenters. The van der Waals surface area contributed by atoms with Crippen molar-refractivity contribution < 1.29 is 4.79 Å². The first kappa shape index (κ1) is 15.1. The van der Waals surface area contributed by atoms with E-state index in [2.05, 4.69) is 30.8 Å². The van der Waals surface area contributed by atoms with Crippen molar-refractivity contribution in [3.8, 4) is 5.69 Å². The van der Waals surface area contributed by atoms with Crippen LogP contribution in [0.2, 0.25) is 0 Å². The lowest BCUT2D eigenvalue weighted by Gasteiger charge is -2.10. The number of anilines is 1. The third-order valence-corrected chi connectivity index (χ3v) is 3.93. The SMILES string of the molecule is CC(Sc1nnnn1-c1ccccc1)C(=O)Nc1ncccn1. The fourth-order valence-corrected chi connectivity index (χ4v) is 2.58. The quantitative estimate of drug-likeness (QED) is 0.710. The van der Waals surface area contributed by atoms with E-state index in [-0.39, 0.29) is 11.9 Å². The van der Waals surface area contributed by atoms with Crippen LogP contribution in [-0.2, 0) is 4.79 Å². The predicted octanol–water partition coefficient (Wildman–Crippen LogP) is 1.57. The number of carbonyl (C=O) groups is 1. The van der Waals surface area contributed by atoms with Gasteiger partial charge in [-0.2, -0.15) is 4.68 Å². The standard InChI is InChI=1S/C14H13N7OS/c1-10(12(22)17-13-15-8-5-9-16-13)23-14-18-19-20-21(14)11-6-3-2-4-7-11/h2-10H,1H3,(H,15,16,17,22). The van der Waals surface area contributed by atoms with Gasteiger partial charge in [0.1, 0.15) is 0 Å². The van der Waals surface area contributed by atoms with Crippen LogP contribution in [0, 0.1) is 0 Å². The zero-order valence-electron chi connectivity index (χ0n) is 12.2. The molecule has 0 radical (unpaired) electrons. The van der Waals surface area contributed by atoms with Crippen molar-refractivity contribution in [3.63, 3.8) is 0 Å². The molecule has 1 N–H and O–H groups in total. The molecule has 8 nitrogen and oxygen atoms in total. The maximum Gasteiger partial charge on any atom is 0.240 e. The van der Waals surface area contributed by atoms with Gasteiger partial charge in [0.05, 0.1) is 10.9 Å². The molecule has 9 heteroatoms. The maximum absolute atomic E-state index is 12.2. The minimum Gasteiger partial charge on any atom is -0.294 e. The Labute approximate surface area is 136 Å². The molecule has 1 aromatic carbocycles. The molecule has 0 fully saturated rings. The average molecular weight is 327 g/mol. The van der Waals surface area contributed by atoms with Crippen molar-refractivity contribution >= 4 is 23.6 Å². The smallest absolute Gasteiger partial charge is 0.240 e. The van der Waals surface area contributed by atoms with Gasteiger partial charge >= 0.3 is 0 Å². The summed E-state index contributed by atoms with van der Waals surface area (Å²) in [7, 11) is 0. The molecule has 0 bridgehead atoms. The molecule has 2 heterocycles. The Morgan fingerprint density at radius 2 is 1.91 bits per heavy atom. The third kappa shape index (κ3) is 3.69. The minimum atomic E-state index is -0.410. The van der Waals surface area contributed by atoms with Gasteiger partial charge in [-0.25, -0.2) is 9.97 Å². The normalized spacial score (nSPS) is 11.9. The minimum absolute atomic E-state index is 0.219. The van der Waals surface area contributed by atoms with E-state index in [9.17, 15) is 4.79 Å². The summed E-state index contributed by atoms with van der Waals surface area (Å²) >= 11 is 1.26. The number of hydrogen-bond donors (Lipinski definition) is 1. The van der Waals surface area contributed by atoms with Crippen molar-refractivity contribution in [1.29, 1.82) is 0 Å². The number of aromatic nitrogens is 6. The van der Waals surface area contributed by atoms with E-state index in [1.54, 1.807) is 30.1 Å². The molecular weight excluding hydrogens is 314 g/mol. The molecule has 0 saturated heterocycles. The summed E-state index contributed by atoms with van der Waals surface area (Å²) in [5, 5.41) is 14.4. The Balaban J connectivity index is 1.70. The Morgan fingerprint density at radius 3 is 2.65 bits per heavy atom. The number of para-hydroxylation sites is 1. The average Bonchev–Trinajstić information content (AvgIpc) is 3.04. The van der Waals surface area contributed by atoms with Crippen molar-refractivity contribution in [2.24, 2.45) is 0 Å². The molecule has 116 valence electrons. The Morgan fingerprint density at radius 1 is 1.17 bits per heavy atom. The fraction of sp³-hybridized carbons (Fsp3) is 0.143. The molecule has 0 aliphatic heterocycles. The summed E-state index contributed by atoms with van der Waals surface area (Å²) in [5.41, 5.74) is 0.832. The zero-order chi connectivity index (χ0) is 16.1. The Kier molecular flexibility index (Phi) is 4.57. The van der Waals surface area contributed by atoms with Crippen LogP contribution in [0.15, 0.2) is 53.9 Å². The Bertz CT molecular complexity index is 778. The third-order valence-electron chi connectivity index (χ3n) is 2.89. The summed E-state index contributed by atoms with van der Waals surface area (Å²) in [6.07, 6.45) is 3.13. The van der Waals surface area contributed by atoms with E-state index >= 15 is 0 Å². The van der Waals surface area contributed by atoms with Gasteiger partial charge in [-0.05, 0) is 35.5 Å². The molecule has 3 aromatic rings. The number of tetrazole rings is 1. The number of benzene rings is 1. The van der Waals surface area contributed by atoms with Crippen LogP contribution >= 0.6 is 11.8 Å². The van der Waals surface area contributed by atoms with E-state index < -0.39 is 5.25 Å². The number of nitrogens with one attached hydrogen (secondary N) is 1. The molecule has 23 heavy (non-hydrogen) atoms. The lowest BCUT2D eigenvalue weighted by atomic mass is 10.3. The van der Waals surface area contributed by atoms with Crippen LogP contribution in [0.3, 0.4) is 0 Å². The number of thioether (sulfide) groups is 1. The van der Waals surface area contributed by atoms with Gasteiger partial charge < -0.3 is 0 Å². The highest BCUT2D eigenvalue weighted by Crippen LogP contribution is 2.23. The van der Waals surface area contributed by atoms with Crippen LogP contribution in [0.1, 0.15) is 6.92 Å². The summed E-state index contributed by atoms with van der Waals surface area (Å²) in [4.78, 5) is 20.1. The van der Waals surface area contributed by atoms with Crippen LogP contribution in [-0.4, -0.2) is 41.3 Å². The van der Waals surface area contributed by atoms with Crippen molar-refractivity contribution in [2.75, 3.05) is 5.32 Å². The van der Waals surface area contributed by atoms with Crippen LogP contribution in [0.5, 0.6) is 0 Å². The highest BCUT2D eigenvalue weighted by molar-refractivity contribution is 8.00. The van der Waals surface area contributed by atoms with Crippen LogP contribution < -0.4 is 5.32 Å². The highest BCUT2D eigenvalue weighted by atomic mass is 32.2. The van der Waals surface area contributed by atoms with Gasteiger partial charge in [0.2, 0.25) is 17.0 Å². The monoisotopic (exact) mass is 327 g/mol. The summed E-state index contributed by atoms with van der Waals surface area (Å²) in [5.74, 6) is 0.0522. The van der Waals surface area contributed by atoms with E-state index in [1.165, 1.54) is 11.8 Å². The van der Waals surface area contributed by atoms with E-state index in [0.717, 1.165) is 5.69 Å². The number of hydrogen-bond acceptors (Lipinski definition) is 7. The number of rotatable bonds is 5. The first-order valence-electron chi connectivity index (χ1n) is 6.82. The Hall–Kier alpha value is -2.81. The van der Waals surface area contributed by atoms with Gasteiger partial charge in [0.25, 0.3) is 0 Å². The van der Waals surface area contributed by atoms with E-state index in [0.29, 0.717) is 5.16 Å². The lowest BCUT2D eigenvalue weighted by Crippen LogP contribution is -2.24. The number of amides is 1. The zero-order valence-corrected chi connectivity index (χ0v) is 13.0. The maximum atomic E-state index is 12.2. The fourth-order valence-electron chi connectivity index (χ4n) is 1.77. The van der Waals surface area contributed by atoms with Crippen molar-refractivity contribution in [3.05, 3.63) is 48.8 Å². The second kappa shape index (κ2) is 6.97. The summed E-state index contributed by atoms with van der Waals surface area (Å²) in [6.45, 7) is 1.77. The van der Waals surface area contributed by atoms with Crippen LogP contribution in [0.4, 0.5) is 5.95 Å². The van der Waals surface area contributed by atoms with Gasteiger partial charge in [-0.3, -0.25) is 10.1 Å². The van der Waals surface area contributed by atoms with Gasteiger partial charge in [-0.1, -0.05) is 30.0 Å². The predicted molar refractivity (Wildman–Crippen MR) is 85.1 cm³/mol. The van der Waals surface area contributed by atoms with Crippen molar-refractivity contribution in [2.45, 2.75) is 17.3 Å². The molecule has 0 saturated carbocycles. The molecule has 1 atom stereocenters. The second-order valence-electron chi connectivity index (χ2n) is 4.53. The van der Waals surface area contributed by atoms with Crippen LogP contribution in [0.25, 0.3) is 5.69 Å². The second-order valence-corrected chi connectivity index (χ2v) is 5.84. The highest BCUT2D eigenvalue weighted by Gasteiger charge is 2.19. The molecule has 0 aliphatic carbocycles. The molecule has 3 rings (SSSR count). The van der Waals surface area contributed by atoms with Gasteiger partial charge in [0.15, 0.2) is 0 Å². The van der Waals surface area contributed by atoms with E-state index in [4.69, 9.17) is 0 Å². The molecule has 2 aromatic heterocycles. The number of carbonyl (C=O) groups excluding carboxylic acids is 1. The number of nitrogens with zero attached hydrogens (tertiary/aromatic N) is 6. The molecular formula is C14H13N7OS. The molecule has 0 aliphatic rings. The first-order chi connectivity index (χ1) is 11.2. The largest absolute Gasteiger partial charge is 0.294 e. The van der Waals surface area contributed by atoms with Gasteiger partial charge in [0, 0.05) is 12.4 Å². The summed E-state index contributed by atoms with van der Waals surface area (Å²) in [6, 6.07) is 11.2. The summed E-state index contributed by atoms with van der Waals surface area (Å²) < 4.78 is 1.59. The first-order valence-corrected chi connectivity index (χ1v) is 7.70. The molecule has 0 spiro atoms. The van der Waals surface area contributed by atoms with Crippen molar-refractivity contribution in [1.82, 2.24) is 30.2 Å². The van der Waals surface area contributed by atoms with Gasteiger partial charge in [-0.15, -0.1) is 5.10 Å².